The van der Waals surface area contributed by atoms with Gasteiger partial charge in [0.2, 0.25) is 0 Å². The number of unbranched alkanes of at least 4 members (excludes halogenated alkanes) is 2. The number of aromatic nitrogens is 2. The number of carbonyl (C=O) groups excluding carboxylic acids is 1. The summed E-state index contributed by atoms with van der Waals surface area (Å²) in [5.74, 6) is 0.670. The predicted octanol–water partition coefficient (Wildman–Crippen LogP) is 4.57. The van der Waals surface area contributed by atoms with Gasteiger partial charge in [0.25, 0.3) is 5.91 Å². The zero-order valence-electron chi connectivity index (χ0n) is 15.5. The third-order valence-electron chi connectivity index (χ3n) is 4.40. The third kappa shape index (κ3) is 5.11. The number of carbonyl (C=O) groups is 1. The summed E-state index contributed by atoms with van der Waals surface area (Å²) in [6.07, 6.45) is 3.22. The molecule has 0 aliphatic carbocycles. The second-order valence-electron chi connectivity index (χ2n) is 6.43. The summed E-state index contributed by atoms with van der Waals surface area (Å²) in [7, 11) is 0. The molecule has 0 radical (unpaired) electrons. The summed E-state index contributed by atoms with van der Waals surface area (Å²) >= 11 is 12.1. The first-order valence-electron chi connectivity index (χ1n) is 9.06. The van der Waals surface area contributed by atoms with E-state index < -0.39 is 0 Å². The summed E-state index contributed by atoms with van der Waals surface area (Å²) in [6, 6.07) is 10.4. The standard InChI is InChI=1S/C20H19Cl2N5O2/c21-12-5-6-13(15(22)10-12)17-7-8-18(29-17)20(28)25-9-3-1-2-4-16-14(11-23)19(24)27-26-16/h5-8,10H,1-4,9H2,(H,25,28)(H3,24,26,27). The van der Waals surface area contributed by atoms with E-state index in [9.17, 15) is 4.79 Å². The van der Waals surface area contributed by atoms with Crippen molar-refractivity contribution in [1.29, 1.82) is 5.26 Å². The van der Waals surface area contributed by atoms with Crippen molar-refractivity contribution in [3.05, 3.63) is 57.4 Å². The number of nitrogens with zero attached hydrogens (tertiary/aromatic N) is 2. The average molecular weight is 432 g/mol. The number of furan rings is 1. The number of halogens is 2. The Morgan fingerprint density at radius 3 is 2.83 bits per heavy atom. The fraction of sp³-hybridized carbons (Fsp3) is 0.250. The van der Waals surface area contributed by atoms with Crippen LogP contribution in [0.4, 0.5) is 5.82 Å². The number of amides is 1. The number of nitrogens with one attached hydrogen (secondary N) is 2. The van der Waals surface area contributed by atoms with Gasteiger partial charge in [-0.25, -0.2) is 0 Å². The average Bonchev–Trinajstić information content (AvgIpc) is 3.31. The van der Waals surface area contributed by atoms with Crippen LogP contribution in [0.5, 0.6) is 0 Å². The molecule has 0 atom stereocenters. The molecule has 0 saturated heterocycles. The fourth-order valence-electron chi connectivity index (χ4n) is 2.89. The van der Waals surface area contributed by atoms with E-state index in [-0.39, 0.29) is 17.5 Å². The number of nitriles is 1. The molecule has 1 amide bonds. The van der Waals surface area contributed by atoms with Crippen molar-refractivity contribution >= 4 is 34.9 Å². The normalized spacial score (nSPS) is 10.7. The van der Waals surface area contributed by atoms with Gasteiger partial charge in [0.1, 0.15) is 17.4 Å². The van der Waals surface area contributed by atoms with Gasteiger partial charge in [-0.15, -0.1) is 0 Å². The second kappa shape index (κ2) is 9.50. The van der Waals surface area contributed by atoms with Gasteiger partial charge in [-0.3, -0.25) is 9.89 Å². The molecular formula is C20H19Cl2N5O2. The molecule has 0 aliphatic heterocycles. The zero-order valence-corrected chi connectivity index (χ0v) is 17.0. The van der Waals surface area contributed by atoms with Crippen molar-refractivity contribution in [3.63, 3.8) is 0 Å². The van der Waals surface area contributed by atoms with Crippen molar-refractivity contribution in [2.45, 2.75) is 25.7 Å². The van der Waals surface area contributed by atoms with Crippen LogP contribution in [0.2, 0.25) is 10.0 Å². The summed E-state index contributed by atoms with van der Waals surface area (Å²) in [5.41, 5.74) is 7.44. The Balaban J connectivity index is 1.43. The molecule has 0 bridgehead atoms. The van der Waals surface area contributed by atoms with Gasteiger partial charge < -0.3 is 15.5 Å². The van der Waals surface area contributed by atoms with Crippen LogP contribution in [0.15, 0.2) is 34.7 Å². The van der Waals surface area contributed by atoms with Gasteiger partial charge in [0.05, 0.1) is 10.7 Å². The molecule has 4 N–H and O–H groups in total. The zero-order chi connectivity index (χ0) is 20.8. The van der Waals surface area contributed by atoms with Gasteiger partial charge in [0.15, 0.2) is 11.6 Å². The highest BCUT2D eigenvalue weighted by atomic mass is 35.5. The van der Waals surface area contributed by atoms with E-state index in [4.69, 9.17) is 38.6 Å². The van der Waals surface area contributed by atoms with E-state index in [2.05, 4.69) is 15.5 Å². The maximum atomic E-state index is 12.2. The third-order valence-corrected chi connectivity index (χ3v) is 4.94. The minimum absolute atomic E-state index is 0.220. The van der Waals surface area contributed by atoms with Crippen LogP contribution in [0.3, 0.4) is 0 Å². The molecule has 7 nitrogen and oxygen atoms in total. The minimum Gasteiger partial charge on any atom is -0.451 e. The Bertz CT molecular complexity index is 1050. The highest BCUT2D eigenvalue weighted by molar-refractivity contribution is 6.36. The number of hydrogen-bond donors (Lipinski definition) is 3. The highest BCUT2D eigenvalue weighted by Crippen LogP contribution is 2.31. The Labute approximate surface area is 177 Å². The SMILES string of the molecule is N#Cc1c(N)n[nH]c1CCCCCNC(=O)c1ccc(-c2ccc(Cl)cc2Cl)o1. The molecule has 0 unspecified atom stereocenters. The lowest BCUT2D eigenvalue weighted by atomic mass is 10.1. The van der Waals surface area contributed by atoms with E-state index in [0.29, 0.717) is 39.9 Å². The molecule has 1 aromatic carbocycles. The van der Waals surface area contributed by atoms with E-state index in [0.717, 1.165) is 25.0 Å². The lowest BCUT2D eigenvalue weighted by Crippen LogP contribution is -2.23. The Hall–Kier alpha value is -2.95. The number of hydrogen-bond acceptors (Lipinski definition) is 5. The number of benzene rings is 1. The van der Waals surface area contributed by atoms with Gasteiger partial charge in [-0.05, 0) is 49.6 Å². The molecule has 0 fully saturated rings. The van der Waals surface area contributed by atoms with Crippen LogP contribution in [0, 0.1) is 11.3 Å². The van der Waals surface area contributed by atoms with E-state index in [1.165, 1.54) is 0 Å². The number of anilines is 1. The first-order valence-corrected chi connectivity index (χ1v) is 9.81. The Morgan fingerprint density at radius 2 is 2.07 bits per heavy atom. The van der Waals surface area contributed by atoms with Crippen LogP contribution in [0.1, 0.15) is 41.1 Å². The summed E-state index contributed by atoms with van der Waals surface area (Å²) < 4.78 is 5.62. The van der Waals surface area contributed by atoms with Gasteiger partial charge in [-0.1, -0.05) is 29.6 Å². The Morgan fingerprint density at radius 1 is 1.24 bits per heavy atom. The number of nitrogen functional groups attached to an aromatic ring is 1. The van der Waals surface area contributed by atoms with Crippen molar-refractivity contribution in [3.8, 4) is 17.4 Å². The summed E-state index contributed by atoms with van der Waals surface area (Å²) in [6.45, 7) is 0.521. The lowest BCUT2D eigenvalue weighted by molar-refractivity contribution is 0.0926. The van der Waals surface area contributed by atoms with Crippen molar-refractivity contribution < 1.29 is 9.21 Å². The van der Waals surface area contributed by atoms with E-state index in [1.54, 1.807) is 30.3 Å². The monoisotopic (exact) mass is 431 g/mol. The van der Waals surface area contributed by atoms with Crippen LogP contribution in [0.25, 0.3) is 11.3 Å². The molecule has 150 valence electrons. The molecule has 3 rings (SSSR count). The number of H-pyrrole nitrogens is 1. The second-order valence-corrected chi connectivity index (χ2v) is 7.27. The van der Waals surface area contributed by atoms with Crippen LogP contribution in [-0.4, -0.2) is 22.6 Å². The molecule has 3 aromatic rings. The first-order chi connectivity index (χ1) is 14.0. The molecule has 2 aromatic heterocycles. The molecule has 2 heterocycles. The van der Waals surface area contributed by atoms with Crippen LogP contribution in [-0.2, 0) is 6.42 Å². The highest BCUT2D eigenvalue weighted by Gasteiger charge is 2.14. The molecule has 0 aliphatic rings. The topological polar surface area (TPSA) is 121 Å². The van der Waals surface area contributed by atoms with E-state index in [1.807, 2.05) is 6.07 Å². The van der Waals surface area contributed by atoms with Crippen LogP contribution >= 0.6 is 23.2 Å². The van der Waals surface area contributed by atoms with Crippen molar-refractivity contribution in [2.24, 2.45) is 0 Å². The van der Waals surface area contributed by atoms with Crippen molar-refractivity contribution in [2.75, 3.05) is 12.3 Å². The maximum Gasteiger partial charge on any atom is 0.287 e. The van der Waals surface area contributed by atoms with Gasteiger partial charge in [0, 0.05) is 17.1 Å². The molecule has 29 heavy (non-hydrogen) atoms. The lowest BCUT2D eigenvalue weighted by Gasteiger charge is -2.04. The van der Waals surface area contributed by atoms with E-state index >= 15 is 0 Å². The quantitative estimate of drug-likeness (QED) is 0.450. The number of aryl methyl sites for hydroxylation is 1. The smallest absolute Gasteiger partial charge is 0.287 e. The first kappa shape index (κ1) is 20.8. The van der Waals surface area contributed by atoms with Crippen molar-refractivity contribution in [1.82, 2.24) is 15.5 Å². The number of nitrogens with two attached hydrogens (primary N) is 1. The largest absolute Gasteiger partial charge is 0.451 e. The molecule has 0 saturated carbocycles. The molecule has 9 heteroatoms. The maximum absolute atomic E-state index is 12.2. The van der Waals surface area contributed by atoms with Crippen LogP contribution < -0.4 is 11.1 Å². The minimum atomic E-state index is -0.283. The summed E-state index contributed by atoms with van der Waals surface area (Å²) in [5, 5.41) is 19.5. The number of rotatable bonds is 8. The number of aromatic amines is 1. The fourth-order valence-corrected chi connectivity index (χ4v) is 3.39. The van der Waals surface area contributed by atoms with Gasteiger partial charge in [-0.2, -0.15) is 10.4 Å². The molecule has 0 spiro atoms. The summed E-state index contributed by atoms with van der Waals surface area (Å²) in [4.78, 5) is 12.2. The van der Waals surface area contributed by atoms with Gasteiger partial charge >= 0.3 is 0 Å². The Kier molecular flexibility index (Phi) is 6.81. The molecular weight excluding hydrogens is 413 g/mol. The predicted molar refractivity (Wildman–Crippen MR) is 112 cm³/mol.